The normalized spacial score (nSPS) is 17.6. The van der Waals surface area contributed by atoms with Crippen LogP contribution in [0.1, 0.15) is 27.6 Å². The van der Waals surface area contributed by atoms with E-state index in [0.717, 1.165) is 5.56 Å². The van der Waals surface area contributed by atoms with Gasteiger partial charge in [0, 0.05) is 11.1 Å². The van der Waals surface area contributed by atoms with Gasteiger partial charge in [-0.05, 0) is 5.56 Å². The van der Waals surface area contributed by atoms with Gasteiger partial charge in [-0.2, -0.15) is 0 Å². The van der Waals surface area contributed by atoms with Gasteiger partial charge in [0.25, 0.3) is 0 Å². The summed E-state index contributed by atoms with van der Waals surface area (Å²) in [6, 6.07) is 17.0. The molecule has 0 radical (unpaired) electrons. The summed E-state index contributed by atoms with van der Waals surface area (Å²) in [4.78, 5) is 12.2. The molecule has 1 aliphatic rings. The second-order valence-electron chi connectivity index (χ2n) is 4.50. The summed E-state index contributed by atoms with van der Waals surface area (Å²) in [6.07, 6.45) is 4.07. The van der Waals surface area contributed by atoms with Crippen molar-refractivity contribution in [2.24, 2.45) is 0 Å². The molecule has 2 aromatic carbocycles. The largest absolute Gasteiger partial charge is 0.365 e. The van der Waals surface area contributed by atoms with Gasteiger partial charge in [-0.25, -0.2) is 0 Å². The van der Waals surface area contributed by atoms with Crippen molar-refractivity contribution >= 4 is 5.78 Å². The minimum atomic E-state index is 0.0286. The predicted molar refractivity (Wildman–Crippen MR) is 74.1 cm³/mol. The van der Waals surface area contributed by atoms with Gasteiger partial charge in [0.1, 0.15) is 6.10 Å². The summed E-state index contributed by atoms with van der Waals surface area (Å²) in [5.74, 6) is 0.0510. The molecule has 0 fully saturated rings. The molecule has 1 aliphatic heterocycles. The van der Waals surface area contributed by atoms with Crippen molar-refractivity contribution in [2.75, 3.05) is 6.61 Å². The maximum Gasteiger partial charge on any atom is 0.193 e. The second-order valence-corrected chi connectivity index (χ2v) is 4.50. The van der Waals surface area contributed by atoms with E-state index < -0.39 is 0 Å². The van der Waals surface area contributed by atoms with Crippen molar-refractivity contribution in [3.63, 3.8) is 0 Å². The SMILES string of the molecule is O=C(c1ccccc1)c1ccc([C@H]2C=CCO2)cc1. The number of ketones is 1. The van der Waals surface area contributed by atoms with Crippen LogP contribution in [0.3, 0.4) is 0 Å². The van der Waals surface area contributed by atoms with Gasteiger partial charge in [-0.1, -0.05) is 66.7 Å². The summed E-state index contributed by atoms with van der Waals surface area (Å²) < 4.78 is 5.53. The molecule has 0 N–H and O–H groups in total. The van der Waals surface area contributed by atoms with Crippen molar-refractivity contribution in [3.8, 4) is 0 Å². The van der Waals surface area contributed by atoms with E-state index >= 15 is 0 Å². The number of hydrogen-bond acceptors (Lipinski definition) is 2. The van der Waals surface area contributed by atoms with E-state index in [1.807, 2.05) is 66.7 Å². The molecule has 2 heteroatoms. The number of ether oxygens (including phenoxy) is 1. The molecule has 19 heavy (non-hydrogen) atoms. The van der Waals surface area contributed by atoms with E-state index in [2.05, 4.69) is 0 Å². The Morgan fingerprint density at radius 1 is 0.947 bits per heavy atom. The number of hydrogen-bond donors (Lipinski definition) is 0. The zero-order chi connectivity index (χ0) is 13.1. The average molecular weight is 250 g/mol. The number of rotatable bonds is 3. The van der Waals surface area contributed by atoms with Crippen molar-refractivity contribution in [3.05, 3.63) is 83.4 Å². The molecule has 0 aromatic heterocycles. The summed E-state index contributed by atoms with van der Waals surface area (Å²) in [5, 5.41) is 0. The Morgan fingerprint density at radius 3 is 2.26 bits per heavy atom. The predicted octanol–water partition coefficient (Wildman–Crippen LogP) is 3.55. The Hall–Kier alpha value is -2.19. The first-order valence-electron chi connectivity index (χ1n) is 6.32. The van der Waals surface area contributed by atoms with E-state index in [4.69, 9.17) is 4.74 Å². The quantitative estimate of drug-likeness (QED) is 0.615. The van der Waals surface area contributed by atoms with Crippen LogP contribution in [0.2, 0.25) is 0 Å². The Kier molecular flexibility index (Phi) is 3.25. The van der Waals surface area contributed by atoms with Crippen molar-refractivity contribution in [1.82, 2.24) is 0 Å². The fraction of sp³-hybridized carbons (Fsp3) is 0.118. The molecule has 2 aromatic rings. The van der Waals surface area contributed by atoms with Gasteiger partial charge in [0.05, 0.1) is 6.61 Å². The monoisotopic (exact) mass is 250 g/mol. The molecule has 1 atom stereocenters. The van der Waals surface area contributed by atoms with Crippen LogP contribution in [0.15, 0.2) is 66.7 Å². The zero-order valence-electron chi connectivity index (χ0n) is 10.5. The van der Waals surface area contributed by atoms with Crippen LogP contribution in [0.5, 0.6) is 0 Å². The molecule has 0 unspecified atom stereocenters. The zero-order valence-corrected chi connectivity index (χ0v) is 10.5. The average Bonchev–Trinajstić information content (AvgIpc) is 3.02. The van der Waals surface area contributed by atoms with Crippen LogP contribution in [0.25, 0.3) is 0 Å². The van der Waals surface area contributed by atoms with Gasteiger partial charge >= 0.3 is 0 Å². The van der Waals surface area contributed by atoms with E-state index in [1.165, 1.54) is 0 Å². The van der Waals surface area contributed by atoms with E-state index in [1.54, 1.807) is 0 Å². The highest BCUT2D eigenvalue weighted by molar-refractivity contribution is 6.08. The second kappa shape index (κ2) is 5.21. The standard InChI is InChI=1S/C17H14O2/c18-17(14-5-2-1-3-6-14)15-10-8-13(9-11-15)16-7-4-12-19-16/h1-11,16H,12H2/t16-/m1/s1. The summed E-state index contributed by atoms with van der Waals surface area (Å²) in [6.45, 7) is 0.662. The van der Waals surface area contributed by atoms with Gasteiger partial charge < -0.3 is 4.74 Å². The topological polar surface area (TPSA) is 26.3 Å². The highest BCUT2D eigenvalue weighted by Gasteiger charge is 2.13. The van der Waals surface area contributed by atoms with E-state index in [-0.39, 0.29) is 11.9 Å². The van der Waals surface area contributed by atoms with Crippen LogP contribution in [-0.4, -0.2) is 12.4 Å². The maximum atomic E-state index is 12.2. The summed E-state index contributed by atoms with van der Waals surface area (Å²) in [7, 11) is 0. The molecule has 0 bridgehead atoms. The third-order valence-corrected chi connectivity index (χ3v) is 3.22. The lowest BCUT2D eigenvalue weighted by molar-refractivity contribution is 0.103. The Bertz CT molecular complexity index is 597. The maximum absolute atomic E-state index is 12.2. The highest BCUT2D eigenvalue weighted by Crippen LogP contribution is 2.23. The van der Waals surface area contributed by atoms with Gasteiger partial charge in [0.2, 0.25) is 0 Å². The van der Waals surface area contributed by atoms with Crippen molar-refractivity contribution in [2.45, 2.75) is 6.10 Å². The number of benzene rings is 2. The summed E-state index contributed by atoms with van der Waals surface area (Å²) in [5.41, 5.74) is 2.50. The lowest BCUT2D eigenvalue weighted by Crippen LogP contribution is -2.02. The first-order valence-corrected chi connectivity index (χ1v) is 6.32. The molecule has 94 valence electrons. The molecule has 0 aliphatic carbocycles. The van der Waals surface area contributed by atoms with Crippen LogP contribution in [0, 0.1) is 0 Å². The smallest absolute Gasteiger partial charge is 0.193 e. The first kappa shape index (κ1) is 11.9. The van der Waals surface area contributed by atoms with Gasteiger partial charge in [-0.15, -0.1) is 0 Å². The molecular formula is C17H14O2. The van der Waals surface area contributed by atoms with Crippen molar-refractivity contribution < 1.29 is 9.53 Å². The molecule has 0 saturated heterocycles. The third-order valence-electron chi connectivity index (χ3n) is 3.22. The number of carbonyl (C=O) groups excluding carboxylic acids is 1. The fourth-order valence-corrected chi connectivity index (χ4v) is 2.18. The fourth-order valence-electron chi connectivity index (χ4n) is 2.18. The van der Waals surface area contributed by atoms with Gasteiger partial charge in [-0.3, -0.25) is 4.79 Å². The summed E-state index contributed by atoms with van der Waals surface area (Å²) >= 11 is 0. The Morgan fingerprint density at radius 2 is 1.63 bits per heavy atom. The van der Waals surface area contributed by atoms with Crippen LogP contribution in [-0.2, 0) is 4.74 Å². The van der Waals surface area contributed by atoms with Crippen LogP contribution >= 0.6 is 0 Å². The Labute approximate surface area is 112 Å². The van der Waals surface area contributed by atoms with E-state index in [0.29, 0.717) is 17.7 Å². The minimum absolute atomic E-state index is 0.0286. The molecule has 2 nitrogen and oxygen atoms in total. The highest BCUT2D eigenvalue weighted by atomic mass is 16.5. The van der Waals surface area contributed by atoms with Crippen LogP contribution in [0.4, 0.5) is 0 Å². The first-order chi connectivity index (χ1) is 9.34. The number of carbonyl (C=O) groups is 1. The van der Waals surface area contributed by atoms with Crippen LogP contribution < -0.4 is 0 Å². The molecule has 0 saturated carbocycles. The minimum Gasteiger partial charge on any atom is -0.365 e. The van der Waals surface area contributed by atoms with Gasteiger partial charge in [0.15, 0.2) is 5.78 Å². The lowest BCUT2D eigenvalue weighted by atomic mass is 10.0. The molecule has 3 rings (SSSR count). The third kappa shape index (κ3) is 2.49. The molecular weight excluding hydrogens is 236 g/mol. The van der Waals surface area contributed by atoms with E-state index in [9.17, 15) is 4.79 Å². The Balaban J connectivity index is 1.83. The molecule has 0 amide bonds. The molecule has 1 heterocycles. The molecule has 0 spiro atoms. The lowest BCUT2D eigenvalue weighted by Gasteiger charge is -2.09. The van der Waals surface area contributed by atoms with Crippen molar-refractivity contribution in [1.29, 1.82) is 0 Å².